The SMILES string of the molecule is COc1cc(/C=C(/NC(C)=O)C(=O)O)cc(I)c1OCc1ccc(F)cc1. The highest BCUT2D eigenvalue weighted by molar-refractivity contribution is 14.1. The molecule has 0 heterocycles. The van der Waals surface area contributed by atoms with Gasteiger partial charge in [-0.3, -0.25) is 4.79 Å². The number of benzene rings is 2. The first kappa shape index (κ1) is 20.7. The van der Waals surface area contributed by atoms with Crippen LogP contribution in [0.1, 0.15) is 18.1 Å². The molecule has 0 unspecified atom stereocenters. The molecule has 2 N–H and O–H groups in total. The second kappa shape index (κ2) is 9.36. The maximum Gasteiger partial charge on any atom is 0.352 e. The van der Waals surface area contributed by atoms with Crippen molar-refractivity contribution in [3.8, 4) is 11.5 Å². The molecular weight excluding hydrogens is 468 g/mol. The van der Waals surface area contributed by atoms with Crippen molar-refractivity contribution < 1.29 is 28.6 Å². The van der Waals surface area contributed by atoms with Gasteiger partial charge in [-0.25, -0.2) is 9.18 Å². The van der Waals surface area contributed by atoms with Gasteiger partial charge in [0.1, 0.15) is 18.1 Å². The summed E-state index contributed by atoms with van der Waals surface area (Å²) in [5.74, 6) is -1.17. The first-order valence-electron chi connectivity index (χ1n) is 7.77. The third-order valence-corrected chi connectivity index (χ3v) is 4.20. The number of halogens is 2. The maximum atomic E-state index is 13.0. The summed E-state index contributed by atoms with van der Waals surface area (Å²) in [6, 6.07) is 9.26. The Bertz CT molecular complexity index is 880. The van der Waals surface area contributed by atoms with Gasteiger partial charge in [-0.15, -0.1) is 0 Å². The van der Waals surface area contributed by atoms with E-state index in [-0.39, 0.29) is 18.1 Å². The van der Waals surface area contributed by atoms with Crippen LogP contribution in [0.4, 0.5) is 4.39 Å². The first-order chi connectivity index (χ1) is 12.8. The van der Waals surface area contributed by atoms with E-state index in [0.29, 0.717) is 20.6 Å². The van der Waals surface area contributed by atoms with E-state index in [1.54, 1.807) is 24.3 Å². The molecule has 27 heavy (non-hydrogen) atoms. The molecule has 0 aliphatic rings. The topological polar surface area (TPSA) is 84.9 Å². The van der Waals surface area contributed by atoms with Crippen LogP contribution in [0.15, 0.2) is 42.1 Å². The molecule has 0 fully saturated rings. The highest BCUT2D eigenvalue weighted by Crippen LogP contribution is 2.35. The van der Waals surface area contributed by atoms with Gasteiger partial charge in [0.25, 0.3) is 0 Å². The van der Waals surface area contributed by atoms with Crippen LogP contribution in [0.5, 0.6) is 11.5 Å². The Morgan fingerprint density at radius 1 is 1.26 bits per heavy atom. The molecule has 0 spiro atoms. The number of hydrogen-bond donors (Lipinski definition) is 2. The summed E-state index contributed by atoms with van der Waals surface area (Å²) in [6.45, 7) is 1.45. The van der Waals surface area contributed by atoms with Gasteiger partial charge in [0.15, 0.2) is 11.5 Å². The van der Waals surface area contributed by atoms with Crippen LogP contribution in [0.2, 0.25) is 0 Å². The fourth-order valence-corrected chi connectivity index (χ4v) is 2.99. The van der Waals surface area contributed by atoms with Crippen LogP contribution in [-0.2, 0) is 16.2 Å². The Kier molecular flexibility index (Phi) is 7.17. The number of aliphatic carboxylic acids is 1. The summed E-state index contributed by atoms with van der Waals surface area (Å²) in [6.07, 6.45) is 1.33. The monoisotopic (exact) mass is 485 g/mol. The molecule has 0 saturated heterocycles. The first-order valence-corrected chi connectivity index (χ1v) is 8.85. The molecule has 2 aromatic carbocycles. The Morgan fingerprint density at radius 2 is 1.93 bits per heavy atom. The molecule has 2 aromatic rings. The number of ether oxygens (including phenoxy) is 2. The summed E-state index contributed by atoms with van der Waals surface area (Å²) in [4.78, 5) is 22.4. The lowest BCUT2D eigenvalue weighted by molar-refractivity contribution is -0.134. The minimum Gasteiger partial charge on any atom is -0.493 e. The molecule has 6 nitrogen and oxygen atoms in total. The van der Waals surface area contributed by atoms with Crippen molar-refractivity contribution in [1.82, 2.24) is 5.32 Å². The molecule has 1 amide bonds. The molecular formula is C19H17FINO5. The second-order valence-corrected chi connectivity index (χ2v) is 6.66. The van der Waals surface area contributed by atoms with E-state index in [1.165, 1.54) is 32.2 Å². The molecule has 0 aliphatic carbocycles. The lowest BCUT2D eigenvalue weighted by Gasteiger charge is -2.14. The van der Waals surface area contributed by atoms with Gasteiger partial charge in [-0.1, -0.05) is 12.1 Å². The van der Waals surface area contributed by atoms with Crippen LogP contribution < -0.4 is 14.8 Å². The molecule has 0 radical (unpaired) electrons. The average molecular weight is 485 g/mol. The zero-order valence-electron chi connectivity index (χ0n) is 14.6. The molecule has 0 aliphatic heterocycles. The fourth-order valence-electron chi connectivity index (χ4n) is 2.21. The van der Waals surface area contributed by atoms with E-state index in [2.05, 4.69) is 5.32 Å². The van der Waals surface area contributed by atoms with E-state index >= 15 is 0 Å². The summed E-state index contributed by atoms with van der Waals surface area (Å²) in [5, 5.41) is 11.5. The number of carbonyl (C=O) groups excluding carboxylic acids is 1. The van der Waals surface area contributed by atoms with Crippen LogP contribution >= 0.6 is 22.6 Å². The number of amides is 1. The van der Waals surface area contributed by atoms with E-state index in [4.69, 9.17) is 9.47 Å². The van der Waals surface area contributed by atoms with Crippen molar-refractivity contribution in [2.75, 3.05) is 7.11 Å². The van der Waals surface area contributed by atoms with Gasteiger partial charge >= 0.3 is 5.97 Å². The number of rotatable bonds is 7. The molecule has 8 heteroatoms. The number of carboxylic acids is 1. The summed E-state index contributed by atoms with van der Waals surface area (Å²) < 4.78 is 24.8. The Balaban J connectivity index is 2.29. The van der Waals surface area contributed by atoms with Crippen molar-refractivity contribution >= 4 is 40.5 Å². The third-order valence-electron chi connectivity index (χ3n) is 3.40. The normalized spacial score (nSPS) is 11.0. The van der Waals surface area contributed by atoms with Crippen molar-refractivity contribution in [2.24, 2.45) is 0 Å². The van der Waals surface area contributed by atoms with Gasteiger partial charge in [-0.2, -0.15) is 0 Å². The van der Waals surface area contributed by atoms with E-state index < -0.39 is 11.9 Å². The van der Waals surface area contributed by atoms with E-state index in [1.807, 2.05) is 22.6 Å². The van der Waals surface area contributed by atoms with Crippen LogP contribution in [0.25, 0.3) is 6.08 Å². The van der Waals surface area contributed by atoms with Gasteiger partial charge in [0, 0.05) is 6.92 Å². The predicted octanol–water partition coefficient (Wildman–Crippen LogP) is 3.58. The standard InChI is InChI=1S/C19H17FINO5/c1-11(23)22-16(19(24)25)8-13-7-15(21)18(17(9-13)26-2)27-10-12-3-5-14(20)6-4-12/h3-9H,10H2,1-2H3,(H,22,23)(H,24,25)/b16-8+. The van der Waals surface area contributed by atoms with Crippen LogP contribution in [0.3, 0.4) is 0 Å². The average Bonchev–Trinajstić information content (AvgIpc) is 2.60. The number of carboxylic acid groups (broad SMARTS) is 1. The highest BCUT2D eigenvalue weighted by Gasteiger charge is 2.14. The minimum absolute atomic E-state index is 0.216. The van der Waals surface area contributed by atoms with Gasteiger partial charge in [0.2, 0.25) is 5.91 Å². The zero-order chi connectivity index (χ0) is 20.0. The number of hydrogen-bond acceptors (Lipinski definition) is 4. The molecule has 2 rings (SSSR count). The second-order valence-electron chi connectivity index (χ2n) is 5.49. The van der Waals surface area contributed by atoms with E-state index in [0.717, 1.165) is 5.56 Å². The summed E-state index contributed by atoms with van der Waals surface area (Å²) in [7, 11) is 1.47. The highest BCUT2D eigenvalue weighted by atomic mass is 127. The predicted molar refractivity (Wildman–Crippen MR) is 106 cm³/mol. The molecule has 0 saturated carbocycles. The quantitative estimate of drug-likeness (QED) is 0.463. The largest absolute Gasteiger partial charge is 0.493 e. The van der Waals surface area contributed by atoms with Crippen LogP contribution in [0, 0.1) is 9.39 Å². The maximum absolute atomic E-state index is 13.0. The lowest BCUT2D eigenvalue weighted by atomic mass is 10.1. The minimum atomic E-state index is -1.25. The third kappa shape index (κ3) is 5.95. The van der Waals surface area contributed by atoms with Crippen molar-refractivity contribution in [2.45, 2.75) is 13.5 Å². The van der Waals surface area contributed by atoms with Gasteiger partial charge < -0.3 is 19.9 Å². The zero-order valence-corrected chi connectivity index (χ0v) is 16.7. The summed E-state index contributed by atoms with van der Waals surface area (Å²) >= 11 is 2.04. The Hall–Kier alpha value is -2.62. The Labute approximate surface area is 169 Å². The van der Waals surface area contributed by atoms with Crippen molar-refractivity contribution in [3.05, 3.63) is 62.6 Å². The molecule has 0 aromatic heterocycles. The van der Waals surface area contributed by atoms with Crippen molar-refractivity contribution in [3.63, 3.8) is 0 Å². The molecule has 142 valence electrons. The Morgan fingerprint density at radius 3 is 2.48 bits per heavy atom. The van der Waals surface area contributed by atoms with Crippen LogP contribution in [-0.4, -0.2) is 24.1 Å². The number of nitrogens with one attached hydrogen (secondary N) is 1. The molecule has 0 bridgehead atoms. The molecule has 0 atom stereocenters. The smallest absolute Gasteiger partial charge is 0.352 e. The van der Waals surface area contributed by atoms with Gasteiger partial charge in [0.05, 0.1) is 10.7 Å². The van der Waals surface area contributed by atoms with Crippen molar-refractivity contribution in [1.29, 1.82) is 0 Å². The van der Waals surface area contributed by atoms with Gasteiger partial charge in [-0.05, 0) is 64.1 Å². The number of methoxy groups -OCH3 is 1. The lowest BCUT2D eigenvalue weighted by Crippen LogP contribution is -2.24. The number of carbonyl (C=O) groups is 2. The fraction of sp³-hybridized carbons (Fsp3) is 0.158. The summed E-state index contributed by atoms with van der Waals surface area (Å²) in [5.41, 5.74) is 1.06. The van der Waals surface area contributed by atoms with E-state index in [9.17, 15) is 19.1 Å².